The molecule has 0 amide bonds. The molecule has 0 heterocycles. The molecule has 0 bridgehead atoms. The third-order valence-corrected chi connectivity index (χ3v) is 5.95. The zero-order valence-electron chi connectivity index (χ0n) is 20.0. The minimum Gasteiger partial charge on any atom is -0.508 e. The molecule has 0 saturated carbocycles. The average Bonchev–Trinajstić information content (AvgIpc) is 2.79. The molecular formula is C29H29NO4. The third-order valence-electron chi connectivity index (χ3n) is 5.95. The van der Waals surface area contributed by atoms with E-state index in [0.29, 0.717) is 17.2 Å². The van der Waals surface area contributed by atoms with Crippen LogP contribution in [-0.4, -0.2) is 15.3 Å². The van der Waals surface area contributed by atoms with Gasteiger partial charge in [0.15, 0.2) is 17.2 Å². The van der Waals surface area contributed by atoms with Gasteiger partial charge in [-0.2, -0.15) is 0 Å². The molecule has 0 spiro atoms. The van der Waals surface area contributed by atoms with Crippen LogP contribution in [0.1, 0.15) is 27.8 Å². The van der Waals surface area contributed by atoms with Gasteiger partial charge < -0.3 is 25.0 Å². The van der Waals surface area contributed by atoms with E-state index in [1.807, 2.05) is 82.0 Å². The molecule has 0 aliphatic rings. The van der Waals surface area contributed by atoms with E-state index in [-0.39, 0.29) is 17.2 Å². The van der Waals surface area contributed by atoms with Crippen molar-refractivity contribution in [3.05, 3.63) is 94.5 Å². The number of para-hydroxylation sites is 2. The van der Waals surface area contributed by atoms with Crippen LogP contribution in [0.5, 0.6) is 28.7 Å². The Morgan fingerprint density at radius 3 is 1.68 bits per heavy atom. The molecule has 0 saturated heterocycles. The summed E-state index contributed by atoms with van der Waals surface area (Å²) in [6.45, 7) is 9.61. The highest BCUT2D eigenvalue weighted by atomic mass is 16.5. The minimum absolute atomic E-state index is 0.0419. The first kappa shape index (κ1) is 23.1. The summed E-state index contributed by atoms with van der Waals surface area (Å²) in [5, 5.41) is 31.5. The van der Waals surface area contributed by atoms with Crippen LogP contribution in [0.25, 0.3) is 0 Å². The van der Waals surface area contributed by atoms with E-state index < -0.39 is 0 Å². The molecule has 0 unspecified atom stereocenters. The second-order valence-electron chi connectivity index (χ2n) is 8.73. The summed E-state index contributed by atoms with van der Waals surface area (Å²) >= 11 is 0. The van der Waals surface area contributed by atoms with Crippen molar-refractivity contribution in [1.82, 2.24) is 0 Å². The largest absolute Gasteiger partial charge is 0.508 e. The van der Waals surface area contributed by atoms with Gasteiger partial charge in [0.25, 0.3) is 0 Å². The fraction of sp³-hybridized carbons (Fsp3) is 0.172. The van der Waals surface area contributed by atoms with Crippen LogP contribution in [0.15, 0.2) is 66.7 Å². The first-order chi connectivity index (χ1) is 16.2. The van der Waals surface area contributed by atoms with Crippen molar-refractivity contribution in [3.8, 4) is 28.7 Å². The van der Waals surface area contributed by atoms with Crippen LogP contribution in [0.2, 0.25) is 0 Å². The molecule has 4 aromatic carbocycles. The SMILES string of the molecule is Cc1ccc(O)c(Oc2ccccc2N(c2cc(O)c(C)cc2C)c2cc(O)c(C)cc2C)c1. The maximum absolute atomic E-state index is 10.6. The lowest BCUT2D eigenvalue weighted by Crippen LogP contribution is -2.14. The number of anilines is 3. The van der Waals surface area contributed by atoms with Crippen LogP contribution in [0, 0.1) is 34.6 Å². The molecule has 0 aliphatic heterocycles. The van der Waals surface area contributed by atoms with Crippen molar-refractivity contribution < 1.29 is 20.1 Å². The highest BCUT2D eigenvalue weighted by molar-refractivity contribution is 5.84. The average molecular weight is 456 g/mol. The number of hydrogen-bond donors (Lipinski definition) is 3. The minimum atomic E-state index is 0.0419. The van der Waals surface area contributed by atoms with Gasteiger partial charge in [-0.25, -0.2) is 0 Å². The van der Waals surface area contributed by atoms with Crippen molar-refractivity contribution in [2.24, 2.45) is 0 Å². The lowest BCUT2D eigenvalue weighted by molar-refractivity contribution is 0.411. The van der Waals surface area contributed by atoms with Crippen LogP contribution in [0.3, 0.4) is 0 Å². The Bertz CT molecular complexity index is 1320. The normalized spacial score (nSPS) is 10.9. The van der Waals surface area contributed by atoms with E-state index in [0.717, 1.165) is 39.2 Å². The zero-order chi connectivity index (χ0) is 24.6. The smallest absolute Gasteiger partial charge is 0.169 e. The van der Waals surface area contributed by atoms with Crippen LogP contribution in [0.4, 0.5) is 17.1 Å². The summed E-state index contributed by atoms with van der Waals surface area (Å²) in [7, 11) is 0. The lowest BCUT2D eigenvalue weighted by atomic mass is 10.0. The Hall–Kier alpha value is -4.12. The topological polar surface area (TPSA) is 73.2 Å². The van der Waals surface area contributed by atoms with Gasteiger partial charge in [-0.1, -0.05) is 30.3 Å². The van der Waals surface area contributed by atoms with Crippen LogP contribution >= 0.6 is 0 Å². The summed E-state index contributed by atoms with van der Waals surface area (Å²) in [5.41, 5.74) is 6.60. The van der Waals surface area contributed by atoms with Gasteiger partial charge in [-0.05, 0) is 86.7 Å². The maximum atomic E-state index is 10.6. The highest BCUT2D eigenvalue weighted by Gasteiger charge is 2.23. The van der Waals surface area contributed by atoms with Crippen LogP contribution < -0.4 is 9.64 Å². The first-order valence-corrected chi connectivity index (χ1v) is 11.1. The lowest BCUT2D eigenvalue weighted by Gasteiger charge is -2.30. The number of rotatable bonds is 5. The fourth-order valence-corrected chi connectivity index (χ4v) is 4.08. The molecule has 174 valence electrons. The Labute approximate surface area is 200 Å². The van der Waals surface area contributed by atoms with E-state index in [1.165, 1.54) is 0 Å². The fourth-order valence-electron chi connectivity index (χ4n) is 4.08. The number of phenolic OH excluding ortho intramolecular Hbond substituents is 3. The second-order valence-corrected chi connectivity index (χ2v) is 8.73. The van der Waals surface area contributed by atoms with E-state index in [2.05, 4.69) is 0 Å². The Balaban J connectivity index is 1.97. The zero-order valence-corrected chi connectivity index (χ0v) is 20.0. The van der Waals surface area contributed by atoms with E-state index in [4.69, 9.17) is 4.74 Å². The predicted octanol–water partition coefficient (Wildman–Crippen LogP) is 7.61. The Kier molecular flexibility index (Phi) is 6.12. The summed E-state index contributed by atoms with van der Waals surface area (Å²) < 4.78 is 6.22. The summed E-state index contributed by atoms with van der Waals surface area (Å²) in [4.78, 5) is 1.96. The highest BCUT2D eigenvalue weighted by Crippen LogP contribution is 2.47. The first-order valence-electron chi connectivity index (χ1n) is 11.1. The maximum Gasteiger partial charge on any atom is 0.169 e. The molecular weight excluding hydrogens is 426 g/mol. The molecule has 4 rings (SSSR count). The van der Waals surface area contributed by atoms with Gasteiger partial charge in [0.05, 0.1) is 17.1 Å². The predicted molar refractivity (Wildman–Crippen MR) is 136 cm³/mol. The third kappa shape index (κ3) is 4.37. The number of aromatic hydroxyl groups is 3. The van der Waals surface area contributed by atoms with E-state index in [1.54, 1.807) is 24.3 Å². The molecule has 4 aromatic rings. The van der Waals surface area contributed by atoms with Crippen molar-refractivity contribution in [2.45, 2.75) is 34.6 Å². The summed E-state index contributed by atoms with van der Waals surface area (Å²) in [6, 6.07) is 20.0. The van der Waals surface area contributed by atoms with Gasteiger partial charge >= 0.3 is 0 Å². The van der Waals surface area contributed by atoms with E-state index >= 15 is 0 Å². The van der Waals surface area contributed by atoms with Gasteiger partial charge in [0, 0.05) is 12.1 Å². The summed E-state index contributed by atoms with van der Waals surface area (Å²) in [6.07, 6.45) is 0. The van der Waals surface area contributed by atoms with Gasteiger partial charge in [-0.3, -0.25) is 0 Å². The molecule has 5 heteroatoms. The second kappa shape index (κ2) is 9.02. The molecule has 34 heavy (non-hydrogen) atoms. The monoisotopic (exact) mass is 455 g/mol. The van der Waals surface area contributed by atoms with Crippen molar-refractivity contribution in [1.29, 1.82) is 0 Å². The molecule has 0 radical (unpaired) electrons. The number of aryl methyl sites for hydroxylation is 5. The van der Waals surface area contributed by atoms with Gasteiger partial charge in [-0.15, -0.1) is 0 Å². The number of hydrogen-bond acceptors (Lipinski definition) is 5. The quantitative estimate of drug-likeness (QED) is 0.289. The van der Waals surface area contributed by atoms with Crippen molar-refractivity contribution in [3.63, 3.8) is 0 Å². The van der Waals surface area contributed by atoms with Crippen molar-refractivity contribution >= 4 is 17.1 Å². The molecule has 0 fully saturated rings. The van der Waals surface area contributed by atoms with E-state index in [9.17, 15) is 15.3 Å². The molecule has 0 atom stereocenters. The Morgan fingerprint density at radius 2 is 1.09 bits per heavy atom. The number of phenols is 3. The van der Waals surface area contributed by atoms with Gasteiger partial charge in [0.2, 0.25) is 0 Å². The molecule has 5 nitrogen and oxygen atoms in total. The number of benzene rings is 4. The molecule has 3 N–H and O–H groups in total. The number of nitrogens with zero attached hydrogens (tertiary/aromatic N) is 1. The molecule has 0 aliphatic carbocycles. The number of ether oxygens (including phenoxy) is 1. The Morgan fingerprint density at radius 1 is 0.529 bits per heavy atom. The molecule has 0 aromatic heterocycles. The summed E-state index contributed by atoms with van der Waals surface area (Å²) in [5.74, 6) is 1.26. The van der Waals surface area contributed by atoms with Crippen LogP contribution in [-0.2, 0) is 0 Å². The van der Waals surface area contributed by atoms with Crippen molar-refractivity contribution in [2.75, 3.05) is 4.90 Å². The van der Waals surface area contributed by atoms with Gasteiger partial charge in [0.1, 0.15) is 11.5 Å². The standard InChI is InChI=1S/C29H29NO4/c1-17-10-11-25(31)29(12-17)34-28-9-7-6-8-22(28)30(23-15-26(32)20(4)13-18(23)2)24-16-27(33)21(5)14-19(24)3/h6-16,31-33H,1-5H3.